The summed E-state index contributed by atoms with van der Waals surface area (Å²) in [6, 6.07) is 7.68. The van der Waals surface area contributed by atoms with E-state index in [1.807, 2.05) is 38.1 Å². The van der Waals surface area contributed by atoms with Crippen LogP contribution in [0.3, 0.4) is 0 Å². The van der Waals surface area contributed by atoms with Crippen molar-refractivity contribution in [2.75, 3.05) is 24.5 Å². The summed E-state index contributed by atoms with van der Waals surface area (Å²) < 4.78 is 0. The lowest BCUT2D eigenvalue weighted by atomic mass is 10.1. The van der Waals surface area contributed by atoms with E-state index in [0.29, 0.717) is 13.1 Å². The number of carbonyl (C=O) groups excluding carboxylic acids is 3. The van der Waals surface area contributed by atoms with Gasteiger partial charge in [0.1, 0.15) is 6.54 Å². The van der Waals surface area contributed by atoms with Crippen molar-refractivity contribution in [3.63, 3.8) is 0 Å². The maximum absolute atomic E-state index is 12.5. The summed E-state index contributed by atoms with van der Waals surface area (Å²) in [5.74, 6) is -0.347. The molecule has 1 aliphatic heterocycles. The van der Waals surface area contributed by atoms with Crippen molar-refractivity contribution in [2.24, 2.45) is 0 Å². The first-order valence-electron chi connectivity index (χ1n) is 7.80. The van der Waals surface area contributed by atoms with E-state index in [-0.39, 0.29) is 36.7 Å². The number of carbonyl (C=O) groups is 3. The Kier molecular flexibility index (Phi) is 5.36. The number of benzene rings is 1. The van der Waals surface area contributed by atoms with Gasteiger partial charge in [0.25, 0.3) is 0 Å². The zero-order valence-corrected chi connectivity index (χ0v) is 13.8. The minimum atomic E-state index is -0.161. The number of rotatable bonds is 4. The lowest BCUT2D eigenvalue weighted by Gasteiger charge is -2.40. The fourth-order valence-corrected chi connectivity index (χ4v) is 2.77. The van der Waals surface area contributed by atoms with Crippen LogP contribution in [0.4, 0.5) is 5.69 Å². The van der Waals surface area contributed by atoms with E-state index in [0.717, 1.165) is 11.3 Å². The van der Waals surface area contributed by atoms with Crippen LogP contribution in [0.5, 0.6) is 0 Å². The Morgan fingerprint density at radius 2 is 2.00 bits per heavy atom. The van der Waals surface area contributed by atoms with Gasteiger partial charge in [0, 0.05) is 38.2 Å². The highest BCUT2D eigenvalue weighted by Crippen LogP contribution is 2.23. The number of hydrogen-bond acceptors (Lipinski definition) is 3. The Morgan fingerprint density at radius 3 is 2.65 bits per heavy atom. The van der Waals surface area contributed by atoms with E-state index < -0.39 is 0 Å². The van der Waals surface area contributed by atoms with Gasteiger partial charge in [-0.05, 0) is 25.5 Å². The second-order valence-corrected chi connectivity index (χ2v) is 5.89. The first kappa shape index (κ1) is 17.0. The standard InChI is InChI=1S/C17H23N3O3/c1-12-6-4-5-7-15(12)20-10-13(2)19(11-17(20)23)16(22)8-9-18-14(3)21/h4-7,13H,8-11H2,1-3H3,(H,18,21)/t13-/m0/s1. The van der Waals surface area contributed by atoms with Gasteiger partial charge in [0.05, 0.1) is 0 Å². The van der Waals surface area contributed by atoms with Gasteiger partial charge in [-0.1, -0.05) is 18.2 Å². The normalized spacial score (nSPS) is 18.0. The van der Waals surface area contributed by atoms with Gasteiger partial charge in [-0.2, -0.15) is 0 Å². The average Bonchev–Trinajstić information content (AvgIpc) is 2.49. The predicted molar refractivity (Wildman–Crippen MR) is 88.0 cm³/mol. The number of para-hydroxylation sites is 1. The van der Waals surface area contributed by atoms with E-state index in [2.05, 4.69) is 5.32 Å². The molecule has 1 saturated heterocycles. The average molecular weight is 317 g/mol. The maximum atomic E-state index is 12.5. The zero-order chi connectivity index (χ0) is 17.0. The van der Waals surface area contributed by atoms with Crippen LogP contribution in [0, 0.1) is 6.92 Å². The SMILES string of the molecule is CC(=O)NCCC(=O)N1CC(=O)N(c2ccccc2C)C[C@@H]1C. The molecule has 23 heavy (non-hydrogen) atoms. The highest BCUT2D eigenvalue weighted by Gasteiger charge is 2.33. The summed E-state index contributed by atoms with van der Waals surface area (Å²) >= 11 is 0. The molecule has 0 radical (unpaired) electrons. The van der Waals surface area contributed by atoms with E-state index in [1.165, 1.54) is 6.92 Å². The molecule has 0 unspecified atom stereocenters. The Morgan fingerprint density at radius 1 is 1.30 bits per heavy atom. The predicted octanol–water partition coefficient (Wildman–Crippen LogP) is 1.08. The molecule has 1 fully saturated rings. The summed E-state index contributed by atoms with van der Waals surface area (Å²) in [6.07, 6.45) is 0.210. The van der Waals surface area contributed by atoms with Crippen LogP contribution in [-0.4, -0.2) is 48.3 Å². The summed E-state index contributed by atoms with van der Waals surface area (Å²) in [5, 5.41) is 2.60. The fraction of sp³-hybridized carbons (Fsp3) is 0.471. The maximum Gasteiger partial charge on any atom is 0.246 e. The number of hydrogen-bond donors (Lipinski definition) is 1. The van der Waals surface area contributed by atoms with Gasteiger partial charge in [-0.15, -0.1) is 0 Å². The van der Waals surface area contributed by atoms with E-state index in [4.69, 9.17) is 0 Å². The molecule has 2 rings (SSSR count). The minimum absolute atomic E-state index is 0.0582. The number of anilines is 1. The molecule has 0 bridgehead atoms. The van der Waals surface area contributed by atoms with Gasteiger partial charge in [0.2, 0.25) is 17.7 Å². The largest absolute Gasteiger partial charge is 0.356 e. The Bertz CT molecular complexity index is 615. The van der Waals surface area contributed by atoms with Crippen molar-refractivity contribution in [3.05, 3.63) is 29.8 Å². The monoisotopic (exact) mass is 317 g/mol. The third kappa shape index (κ3) is 4.09. The highest BCUT2D eigenvalue weighted by molar-refractivity contribution is 5.98. The van der Waals surface area contributed by atoms with Gasteiger partial charge < -0.3 is 15.1 Å². The molecule has 124 valence electrons. The van der Waals surface area contributed by atoms with Crippen LogP contribution in [0.15, 0.2) is 24.3 Å². The molecule has 0 spiro atoms. The fourth-order valence-electron chi connectivity index (χ4n) is 2.77. The topological polar surface area (TPSA) is 69.7 Å². The van der Waals surface area contributed by atoms with Crippen LogP contribution in [0.2, 0.25) is 0 Å². The van der Waals surface area contributed by atoms with Crippen molar-refractivity contribution >= 4 is 23.4 Å². The van der Waals surface area contributed by atoms with E-state index in [1.54, 1.807) is 9.80 Å². The van der Waals surface area contributed by atoms with Crippen LogP contribution < -0.4 is 10.2 Å². The van der Waals surface area contributed by atoms with Crippen molar-refractivity contribution in [1.82, 2.24) is 10.2 Å². The van der Waals surface area contributed by atoms with Gasteiger partial charge in [-0.3, -0.25) is 14.4 Å². The number of nitrogens with zero attached hydrogens (tertiary/aromatic N) is 2. The number of piperazine rings is 1. The molecule has 3 amide bonds. The summed E-state index contributed by atoms with van der Waals surface area (Å²) in [5.41, 5.74) is 1.94. The van der Waals surface area contributed by atoms with E-state index in [9.17, 15) is 14.4 Å². The van der Waals surface area contributed by atoms with Crippen LogP contribution >= 0.6 is 0 Å². The first-order chi connectivity index (χ1) is 10.9. The molecule has 0 saturated carbocycles. The van der Waals surface area contributed by atoms with Crippen LogP contribution in [0.1, 0.15) is 25.8 Å². The van der Waals surface area contributed by atoms with Crippen molar-refractivity contribution < 1.29 is 14.4 Å². The molecule has 1 aromatic carbocycles. The molecule has 1 aliphatic rings. The van der Waals surface area contributed by atoms with Gasteiger partial charge in [-0.25, -0.2) is 0 Å². The minimum Gasteiger partial charge on any atom is -0.356 e. The molecule has 6 heteroatoms. The molecule has 6 nitrogen and oxygen atoms in total. The third-order valence-corrected chi connectivity index (χ3v) is 4.02. The lowest BCUT2D eigenvalue weighted by Crippen LogP contribution is -2.57. The molecule has 1 heterocycles. The molecular weight excluding hydrogens is 294 g/mol. The zero-order valence-electron chi connectivity index (χ0n) is 13.8. The highest BCUT2D eigenvalue weighted by atomic mass is 16.2. The van der Waals surface area contributed by atoms with Crippen LogP contribution in [0.25, 0.3) is 0 Å². The second-order valence-electron chi connectivity index (χ2n) is 5.89. The Hall–Kier alpha value is -2.37. The number of amides is 3. The van der Waals surface area contributed by atoms with E-state index >= 15 is 0 Å². The molecule has 1 atom stereocenters. The number of nitrogens with one attached hydrogen (secondary N) is 1. The third-order valence-electron chi connectivity index (χ3n) is 4.02. The molecule has 1 N–H and O–H groups in total. The molecule has 0 aromatic heterocycles. The Labute approximate surface area is 136 Å². The first-order valence-corrected chi connectivity index (χ1v) is 7.80. The summed E-state index contributed by atoms with van der Waals surface area (Å²) in [4.78, 5) is 38.9. The van der Waals surface area contributed by atoms with Gasteiger partial charge >= 0.3 is 0 Å². The van der Waals surface area contributed by atoms with Crippen LogP contribution in [-0.2, 0) is 14.4 Å². The smallest absolute Gasteiger partial charge is 0.246 e. The summed E-state index contributed by atoms with van der Waals surface area (Å²) in [7, 11) is 0. The molecular formula is C17H23N3O3. The summed E-state index contributed by atoms with van der Waals surface area (Å²) in [6.45, 7) is 6.18. The van der Waals surface area contributed by atoms with Gasteiger partial charge in [0.15, 0.2) is 0 Å². The lowest BCUT2D eigenvalue weighted by molar-refractivity contribution is -0.139. The van der Waals surface area contributed by atoms with Crippen molar-refractivity contribution in [1.29, 1.82) is 0 Å². The van der Waals surface area contributed by atoms with Crippen molar-refractivity contribution in [2.45, 2.75) is 33.2 Å². The number of aryl methyl sites for hydroxylation is 1. The van der Waals surface area contributed by atoms with Crippen molar-refractivity contribution in [3.8, 4) is 0 Å². The Balaban J connectivity index is 2.02. The second kappa shape index (κ2) is 7.26. The molecule has 0 aliphatic carbocycles. The molecule has 1 aromatic rings. The quantitative estimate of drug-likeness (QED) is 0.903.